The van der Waals surface area contributed by atoms with Crippen molar-refractivity contribution in [1.82, 2.24) is 10.3 Å². The fraction of sp³-hybridized carbons (Fsp3) is 0.538. The van der Waals surface area contributed by atoms with Crippen molar-refractivity contribution in [3.63, 3.8) is 0 Å². The van der Waals surface area contributed by atoms with Crippen LogP contribution in [-0.2, 0) is 6.42 Å². The van der Waals surface area contributed by atoms with Crippen molar-refractivity contribution < 1.29 is 9.90 Å². The van der Waals surface area contributed by atoms with Crippen LogP contribution in [0.4, 0.5) is 4.79 Å². The largest absolute Gasteiger partial charge is 0.465 e. The lowest BCUT2D eigenvalue weighted by atomic mass is 10.0. The van der Waals surface area contributed by atoms with Crippen LogP contribution in [0, 0.1) is 11.5 Å². The first-order chi connectivity index (χ1) is 8.57. The number of rotatable bonds is 3. The number of aromatic nitrogens is 1. The fourth-order valence-electron chi connectivity index (χ4n) is 1.41. The molecular formula is C13H20N2O2SSi. The highest BCUT2D eigenvalue weighted by Gasteiger charge is 2.22. The van der Waals surface area contributed by atoms with Crippen LogP contribution in [-0.4, -0.2) is 29.8 Å². The van der Waals surface area contributed by atoms with E-state index in [0.29, 0.717) is 6.42 Å². The highest BCUT2D eigenvalue weighted by Crippen LogP contribution is 2.17. The summed E-state index contributed by atoms with van der Waals surface area (Å²) in [6.07, 6.45) is -0.446. The monoisotopic (exact) mass is 296 g/mol. The molecule has 0 saturated carbocycles. The lowest BCUT2D eigenvalue weighted by molar-refractivity contribution is 0.182. The maximum absolute atomic E-state index is 10.7. The second-order valence-electron chi connectivity index (χ2n) is 6.12. The van der Waals surface area contributed by atoms with E-state index in [9.17, 15) is 4.79 Å². The van der Waals surface area contributed by atoms with Gasteiger partial charge in [0.15, 0.2) is 0 Å². The molecule has 0 aliphatic carbocycles. The van der Waals surface area contributed by atoms with Gasteiger partial charge in [0.25, 0.3) is 0 Å². The lowest BCUT2D eigenvalue weighted by Gasteiger charge is -2.22. The normalized spacial score (nSPS) is 11.6. The third kappa shape index (κ3) is 6.41. The van der Waals surface area contributed by atoms with Gasteiger partial charge in [-0.05, 0) is 13.8 Å². The molecule has 1 rings (SSSR count). The number of carboxylic acid groups (broad SMARTS) is 1. The summed E-state index contributed by atoms with van der Waals surface area (Å²) in [6.45, 7) is 10.2. The summed E-state index contributed by atoms with van der Waals surface area (Å²) >= 11 is 1.52. The van der Waals surface area contributed by atoms with Crippen LogP contribution in [0.5, 0.6) is 0 Å². The molecule has 0 saturated heterocycles. The van der Waals surface area contributed by atoms with E-state index in [2.05, 4.69) is 41.4 Å². The van der Waals surface area contributed by atoms with Gasteiger partial charge in [-0.2, -0.15) is 0 Å². The molecule has 1 aromatic heterocycles. The van der Waals surface area contributed by atoms with Gasteiger partial charge in [0.05, 0.1) is 5.01 Å². The molecule has 1 aromatic rings. The Morgan fingerprint density at radius 1 is 1.53 bits per heavy atom. The number of hydrogen-bond acceptors (Lipinski definition) is 3. The lowest BCUT2D eigenvalue weighted by Crippen LogP contribution is -2.44. The first-order valence-corrected chi connectivity index (χ1v) is 10.4. The third-order valence-electron chi connectivity index (χ3n) is 2.16. The van der Waals surface area contributed by atoms with Crippen molar-refractivity contribution in [3.05, 3.63) is 16.1 Å². The van der Waals surface area contributed by atoms with Gasteiger partial charge in [0, 0.05) is 17.3 Å². The Balaban J connectivity index is 2.75. The molecule has 1 amide bonds. The fourth-order valence-corrected chi connectivity index (χ4v) is 2.87. The van der Waals surface area contributed by atoms with Crippen LogP contribution >= 0.6 is 11.3 Å². The zero-order valence-electron chi connectivity index (χ0n) is 12.0. The van der Waals surface area contributed by atoms with E-state index < -0.39 is 19.7 Å². The maximum atomic E-state index is 10.7. The molecule has 0 unspecified atom stereocenters. The smallest absolute Gasteiger partial charge is 0.405 e. The second kappa shape index (κ2) is 5.76. The van der Waals surface area contributed by atoms with Crippen molar-refractivity contribution in [1.29, 1.82) is 0 Å². The second-order valence-corrected chi connectivity index (χ2v) is 11.8. The molecule has 0 spiro atoms. The predicted octanol–water partition coefficient (Wildman–Crippen LogP) is 2.96. The Labute approximate surface area is 119 Å². The van der Waals surface area contributed by atoms with E-state index in [-0.39, 0.29) is 0 Å². The van der Waals surface area contributed by atoms with Crippen molar-refractivity contribution in [2.75, 3.05) is 0 Å². The molecule has 0 radical (unpaired) electrons. The van der Waals surface area contributed by atoms with Gasteiger partial charge in [-0.3, -0.25) is 0 Å². The number of carbonyl (C=O) groups is 1. The quantitative estimate of drug-likeness (QED) is 0.666. The standard InChI is InChI=1S/C13H20N2O2SSi/c1-13(2,15-12(16)17)8-11-14-10(9-18-11)6-7-19(3,4)5/h9,15H,8H2,1-5H3,(H,16,17). The molecule has 0 aliphatic rings. The van der Waals surface area contributed by atoms with Crippen LogP contribution in [0.15, 0.2) is 5.38 Å². The molecule has 1 heterocycles. The minimum absolute atomic E-state index is 0.521. The summed E-state index contributed by atoms with van der Waals surface area (Å²) in [4.78, 5) is 15.1. The first-order valence-electron chi connectivity index (χ1n) is 6.06. The first kappa shape index (κ1) is 15.7. The van der Waals surface area contributed by atoms with Crippen molar-refractivity contribution in [2.24, 2.45) is 0 Å². The minimum Gasteiger partial charge on any atom is -0.465 e. The molecular weight excluding hydrogens is 276 g/mol. The van der Waals surface area contributed by atoms with E-state index >= 15 is 0 Å². The Kier molecular flexibility index (Phi) is 4.77. The van der Waals surface area contributed by atoms with E-state index in [1.165, 1.54) is 11.3 Å². The Morgan fingerprint density at radius 3 is 2.68 bits per heavy atom. The molecule has 104 valence electrons. The van der Waals surface area contributed by atoms with Crippen molar-refractivity contribution >= 4 is 25.5 Å². The van der Waals surface area contributed by atoms with Crippen LogP contribution in [0.25, 0.3) is 0 Å². The van der Waals surface area contributed by atoms with Crippen LogP contribution in [0.2, 0.25) is 19.6 Å². The van der Waals surface area contributed by atoms with Gasteiger partial charge >= 0.3 is 6.09 Å². The average molecular weight is 296 g/mol. The van der Waals surface area contributed by atoms with E-state index in [4.69, 9.17) is 5.11 Å². The number of hydrogen-bond donors (Lipinski definition) is 2. The Hall–Kier alpha value is -1.32. The highest BCUT2D eigenvalue weighted by atomic mass is 32.1. The molecule has 0 atom stereocenters. The molecule has 6 heteroatoms. The highest BCUT2D eigenvalue weighted by molar-refractivity contribution is 7.09. The number of nitrogens with one attached hydrogen (secondary N) is 1. The summed E-state index contributed by atoms with van der Waals surface area (Å²) in [5, 5.41) is 14.1. The number of nitrogens with zero attached hydrogens (tertiary/aromatic N) is 1. The summed E-state index contributed by atoms with van der Waals surface area (Å²) in [6, 6.07) is 0. The van der Waals surface area contributed by atoms with Crippen molar-refractivity contribution in [3.8, 4) is 11.5 Å². The minimum atomic E-state index is -1.39. The summed E-state index contributed by atoms with van der Waals surface area (Å²) in [5.41, 5.74) is 3.53. The molecule has 0 bridgehead atoms. The van der Waals surface area contributed by atoms with E-state index in [1.807, 2.05) is 19.2 Å². The zero-order chi connectivity index (χ0) is 14.7. The summed E-state index contributed by atoms with van der Waals surface area (Å²) in [5.74, 6) is 3.11. The average Bonchev–Trinajstić information content (AvgIpc) is 2.58. The molecule has 4 nitrogen and oxygen atoms in total. The number of amides is 1. The predicted molar refractivity (Wildman–Crippen MR) is 81.3 cm³/mol. The number of thiazole rings is 1. The van der Waals surface area contributed by atoms with Gasteiger partial charge in [0.1, 0.15) is 13.8 Å². The molecule has 0 aliphatic heterocycles. The van der Waals surface area contributed by atoms with Gasteiger partial charge < -0.3 is 10.4 Å². The van der Waals surface area contributed by atoms with Gasteiger partial charge in [-0.1, -0.05) is 25.6 Å². The molecule has 0 fully saturated rings. The SMILES string of the molecule is CC(C)(Cc1nc(C#C[Si](C)(C)C)cs1)NC(=O)O. The maximum Gasteiger partial charge on any atom is 0.405 e. The Morgan fingerprint density at radius 2 is 2.16 bits per heavy atom. The van der Waals surface area contributed by atoms with E-state index in [1.54, 1.807) is 0 Å². The summed E-state index contributed by atoms with van der Waals surface area (Å²) < 4.78 is 0. The molecule has 19 heavy (non-hydrogen) atoms. The van der Waals surface area contributed by atoms with Crippen LogP contribution in [0.3, 0.4) is 0 Å². The summed E-state index contributed by atoms with van der Waals surface area (Å²) in [7, 11) is -1.39. The molecule has 0 aromatic carbocycles. The molecule has 2 N–H and O–H groups in total. The van der Waals surface area contributed by atoms with Crippen molar-refractivity contribution in [2.45, 2.75) is 45.4 Å². The van der Waals surface area contributed by atoms with Gasteiger partial charge in [0.2, 0.25) is 0 Å². The Bertz CT molecular complexity index is 521. The van der Waals surface area contributed by atoms with E-state index in [0.717, 1.165) is 10.7 Å². The van der Waals surface area contributed by atoms with Gasteiger partial charge in [-0.15, -0.1) is 16.9 Å². The zero-order valence-corrected chi connectivity index (χ0v) is 13.8. The topological polar surface area (TPSA) is 62.2 Å². The third-order valence-corrected chi connectivity index (χ3v) is 3.88. The van der Waals surface area contributed by atoms with Crippen LogP contribution < -0.4 is 5.32 Å². The van der Waals surface area contributed by atoms with Crippen LogP contribution in [0.1, 0.15) is 24.5 Å². The van der Waals surface area contributed by atoms with Gasteiger partial charge in [-0.25, -0.2) is 9.78 Å².